The van der Waals surface area contributed by atoms with Crippen molar-refractivity contribution in [2.24, 2.45) is 0 Å². The predicted octanol–water partition coefficient (Wildman–Crippen LogP) is 2.81. The fourth-order valence-corrected chi connectivity index (χ4v) is 2.70. The summed E-state index contributed by atoms with van der Waals surface area (Å²) in [5.74, 6) is -0.0258. The van der Waals surface area contributed by atoms with Gasteiger partial charge in [-0.3, -0.25) is 4.79 Å². The molecule has 1 atom stereocenters. The second-order valence-corrected chi connectivity index (χ2v) is 6.16. The number of morpholine rings is 1. The lowest BCUT2D eigenvalue weighted by atomic mass is 10.1. The van der Waals surface area contributed by atoms with Crippen molar-refractivity contribution in [1.29, 1.82) is 0 Å². The summed E-state index contributed by atoms with van der Waals surface area (Å²) in [4.78, 5) is 28.3. The zero-order valence-corrected chi connectivity index (χ0v) is 14.7. The number of ether oxygens (including phenoxy) is 1. The van der Waals surface area contributed by atoms with Crippen LogP contribution in [0, 0.1) is 0 Å². The Morgan fingerprint density at radius 1 is 1.33 bits per heavy atom. The van der Waals surface area contributed by atoms with Crippen LogP contribution in [0.3, 0.4) is 0 Å². The molecule has 1 aromatic rings. The maximum atomic E-state index is 12.5. The topological polar surface area (TPSA) is 61.9 Å². The average molecular weight is 333 g/mol. The molecule has 0 bridgehead atoms. The molecule has 0 aliphatic carbocycles. The number of rotatable bonds is 5. The van der Waals surface area contributed by atoms with Crippen molar-refractivity contribution in [3.05, 3.63) is 29.8 Å². The van der Waals surface area contributed by atoms with Crippen LogP contribution in [0.5, 0.6) is 0 Å². The monoisotopic (exact) mass is 333 g/mol. The number of urea groups is 1. The van der Waals surface area contributed by atoms with Crippen LogP contribution in [0.4, 0.5) is 10.5 Å². The van der Waals surface area contributed by atoms with Gasteiger partial charge in [-0.1, -0.05) is 19.4 Å². The molecule has 1 aliphatic rings. The number of amides is 3. The van der Waals surface area contributed by atoms with Crippen LogP contribution in [-0.2, 0) is 4.74 Å². The maximum Gasteiger partial charge on any atom is 0.321 e. The molecule has 0 radical (unpaired) electrons. The standard InChI is InChI=1S/C18H27N3O3/c1-4-6-14(2)20(3)18(23)19-16-8-5-7-15(13-16)17(22)21-9-11-24-12-10-21/h5,7-8,13-14H,4,6,9-12H2,1-3H3,(H,19,23)/t14-/m1/s1. The summed E-state index contributed by atoms with van der Waals surface area (Å²) >= 11 is 0. The summed E-state index contributed by atoms with van der Waals surface area (Å²) in [6.07, 6.45) is 1.99. The molecule has 132 valence electrons. The normalized spacial score (nSPS) is 15.7. The Labute approximate surface area is 143 Å². The van der Waals surface area contributed by atoms with Crippen molar-refractivity contribution in [3.63, 3.8) is 0 Å². The molecule has 3 amide bonds. The Bertz CT molecular complexity index is 570. The molecule has 1 saturated heterocycles. The second kappa shape index (κ2) is 8.68. The van der Waals surface area contributed by atoms with E-state index >= 15 is 0 Å². The van der Waals surface area contributed by atoms with E-state index in [1.54, 1.807) is 41.1 Å². The Hall–Kier alpha value is -2.08. The van der Waals surface area contributed by atoms with E-state index in [9.17, 15) is 9.59 Å². The maximum absolute atomic E-state index is 12.5. The molecule has 0 saturated carbocycles. The average Bonchev–Trinajstić information content (AvgIpc) is 2.61. The lowest BCUT2D eigenvalue weighted by molar-refractivity contribution is 0.0303. The van der Waals surface area contributed by atoms with Crippen LogP contribution >= 0.6 is 0 Å². The van der Waals surface area contributed by atoms with E-state index in [2.05, 4.69) is 12.2 Å². The second-order valence-electron chi connectivity index (χ2n) is 6.16. The minimum atomic E-state index is -0.160. The minimum Gasteiger partial charge on any atom is -0.378 e. The van der Waals surface area contributed by atoms with Crippen molar-refractivity contribution in [3.8, 4) is 0 Å². The fraction of sp³-hybridized carbons (Fsp3) is 0.556. The van der Waals surface area contributed by atoms with Gasteiger partial charge < -0.3 is 19.9 Å². The molecule has 1 aliphatic heterocycles. The molecule has 6 nitrogen and oxygen atoms in total. The van der Waals surface area contributed by atoms with E-state index in [1.165, 1.54) is 0 Å². The van der Waals surface area contributed by atoms with E-state index in [0.717, 1.165) is 12.8 Å². The first-order chi connectivity index (χ1) is 11.5. The van der Waals surface area contributed by atoms with Gasteiger partial charge in [-0.05, 0) is 31.5 Å². The highest BCUT2D eigenvalue weighted by Gasteiger charge is 2.19. The van der Waals surface area contributed by atoms with Crippen LogP contribution in [0.25, 0.3) is 0 Å². The van der Waals surface area contributed by atoms with Crippen LogP contribution in [-0.4, -0.2) is 61.1 Å². The summed E-state index contributed by atoms with van der Waals surface area (Å²) in [5.41, 5.74) is 1.22. The van der Waals surface area contributed by atoms with Gasteiger partial charge in [-0.2, -0.15) is 0 Å². The van der Waals surface area contributed by atoms with Gasteiger partial charge >= 0.3 is 6.03 Å². The Morgan fingerprint density at radius 2 is 2.04 bits per heavy atom. The molecule has 6 heteroatoms. The van der Waals surface area contributed by atoms with Crippen LogP contribution in [0.2, 0.25) is 0 Å². The summed E-state index contributed by atoms with van der Waals surface area (Å²) in [7, 11) is 1.79. The number of hydrogen-bond acceptors (Lipinski definition) is 3. The zero-order chi connectivity index (χ0) is 17.5. The summed E-state index contributed by atoms with van der Waals surface area (Å²) in [5, 5.41) is 2.87. The quantitative estimate of drug-likeness (QED) is 0.901. The highest BCUT2D eigenvalue weighted by atomic mass is 16.5. The van der Waals surface area contributed by atoms with Crippen molar-refractivity contribution >= 4 is 17.6 Å². The van der Waals surface area contributed by atoms with Crippen molar-refractivity contribution in [2.75, 3.05) is 38.7 Å². The van der Waals surface area contributed by atoms with Crippen LogP contribution < -0.4 is 5.32 Å². The Kier molecular flexibility index (Phi) is 6.61. The highest BCUT2D eigenvalue weighted by molar-refractivity contribution is 5.97. The van der Waals surface area contributed by atoms with Crippen molar-refractivity contribution < 1.29 is 14.3 Å². The zero-order valence-electron chi connectivity index (χ0n) is 14.7. The third kappa shape index (κ3) is 4.71. The SMILES string of the molecule is CCC[C@@H](C)N(C)C(=O)Nc1cccc(C(=O)N2CCOCC2)c1. The number of anilines is 1. The number of benzene rings is 1. The Balaban J connectivity index is 2.01. The molecule has 1 N–H and O–H groups in total. The summed E-state index contributed by atoms with van der Waals surface area (Å²) in [6, 6.07) is 7.11. The van der Waals surface area contributed by atoms with Gasteiger partial charge in [0.15, 0.2) is 0 Å². The summed E-state index contributed by atoms with van der Waals surface area (Å²) < 4.78 is 5.27. The number of carbonyl (C=O) groups is 2. The first kappa shape index (κ1) is 18.3. The van der Waals surface area contributed by atoms with Gasteiger partial charge in [0.05, 0.1) is 13.2 Å². The molecule has 0 aromatic heterocycles. The summed E-state index contributed by atoms with van der Waals surface area (Å²) in [6.45, 7) is 6.48. The molecule has 1 fully saturated rings. The van der Waals surface area contributed by atoms with E-state index in [-0.39, 0.29) is 18.0 Å². The molecule has 2 rings (SSSR count). The van der Waals surface area contributed by atoms with E-state index in [1.807, 2.05) is 6.92 Å². The molecular weight excluding hydrogens is 306 g/mol. The first-order valence-corrected chi connectivity index (χ1v) is 8.53. The smallest absolute Gasteiger partial charge is 0.321 e. The fourth-order valence-electron chi connectivity index (χ4n) is 2.70. The van der Waals surface area contributed by atoms with E-state index < -0.39 is 0 Å². The lowest BCUT2D eigenvalue weighted by Crippen LogP contribution is -2.40. The largest absolute Gasteiger partial charge is 0.378 e. The lowest BCUT2D eigenvalue weighted by Gasteiger charge is -2.27. The molecule has 0 unspecified atom stereocenters. The Morgan fingerprint density at radius 3 is 2.71 bits per heavy atom. The van der Waals surface area contributed by atoms with Gasteiger partial charge in [-0.15, -0.1) is 0 Å². The van der Waals surface area contributed by atoms with Gasteiger partial charge in [0, 0.05) is 37.4 Å². The molecule has 0 spiro atoms. The highest BCUT2D eigenvalue weighted by Crippen LogP contribution is 2.15. The van der Waals surface area contributed by atoms with Gasteiger partial charge in [0.25, 0.3) is 5.91 Å². The third-order valence-corrected chi connectivity index (χ3v) is 4.35. The van der Waals surface area contributed by atoms with Crippen LogP contribution in [0.15, 0.2) is 24.3 Å². The number of nitrogens with zero attached hydrogens (tertiary/aromatic N) is 2. The number of nitrogens with one attached hydrogen (secondary N) is 1. The van der Waals surface area contributed by atoms with Crippen molar-refractivity contribution in [2.45, 2.75) is 32.7 Å². The minimum absolute atomic E-state index is 0.0258. The van der Waals surface area contributed by atoms with E-state index in [4.69, 9.17) is 4.74 Å². The molecule has 24 heavy (non-hydrogen) atoms. The molecule has 1 heterocycles. The molecular formula is C18H27N3O3. The van der Waals surface area contributed by atoms with Gasteiger partial charge in [0.1, 0.15) is 0 Å². The third-order valence-electron chi connectivity index (χ3n) is 4.35. The predicted molar refractivity (Wildman–Crippen MR) is 94.3 cm³/mol. The first-order valence-electron chi connectivity index (χ1n) is 8.53. The number of carbonyl (C=O) groups excluding carboxylic acids is 2. The van der Waals surface area contributed by atoms with Gasteiger partial charge in [-0.25, -0.2) is 4.79 Å². The number of hydrogen-bond donors (Lipinski definition) is 1. The van der Waals surface area contributed by atoms with E-state index in [0.29, 0.717) is 37.6 Å². The van der Waals surface area contributed by atoms with Gasteiger partial charge in [0.2, 0.25) is 0 Å². The van der Waals surface area contributed by atoms with Crippen LogP contribution in [0.1, 0.15) is 37.0 Å². The van der Waals surface area contributed by atoms with Crippen molar-refractivity contribution in [1.82, 2.24) is 9.80 Å². The molecule has 1 aromatic carbocycles.